The Kier molecular flexibility index (Phi) is 3.86. The highest BCUT2D eigenvalue weighted by atomic mass is 35.5. The molecule has 122 valence electrons. The maximum absolute atomic E-state index is 12.7. The third-order valence-electron chi connectivity index (χ3n) is 4.32. The van der Waals surface area contributed by atoms with Gasteiger partial charge in [-0.1, -0.05) is 17.7 Å². The molecule has 3 aromatic rings. The zero-order chi connectivity index (χ0) is 16.5. The Morgan fingerprint density at radius 1 is 1.08 bits per heavy atom. The molecule has 0 saturated carbocycles. The Balaban J connectivity index is 1.46. The van der Waals surface area contributed by atoms with E-state index in [1.807, 2.05) is 35.2 Å². The monoisotopic (exact) mass is 341 g/mol. The number of hydrogen-bond donors (Lipinski definition) is 0. The number of halogens is 1. The molecular weight excluding hydrogens is 326 g/mol. The van der Waals surface area contributed by atoms with Crippen molar-refractivity contribution < 1.29 is 9.21 Å². The number of oxazole rings is 1. The molecule has 1 saturated heterocycles. The smallest absolute Gasteiger partial charge is 0.254 e. The Bertz CT molecular complexity index is 885. The van der Waals surface area contributed by atoms with Gasteiger partial charge in [0.25, 0.3) is 5.91 Å². The largest absolute Gasteiger partial charge is 0.443 e. The van der Waals surface area contributed by atoms with Crippen LogP contribution in [0.5, 0.6) is 0 Å². The van der Waals surface area contributed by atoms with E-state index < -0.39 is 0 Å². The lowest BCUT2D eigenvalue weighted by Gasteiger charge is -2.36. The third kappa shape index (κ3) is 2.83. The van der Waals surface area contributed by atoms with Crippen molar-refractivity contribution >= 4 is 34.3 Å². The number of piperazine rings is 1. The second kappa shape index (κ2) is 6.17. The lowest BCUT2D eigenvalue weighted by atomic mass is 10.1. The first kappa shape index (κ1) is 15.0. The molecule has 0 bridgehead atoms. The van der Waals surface area contributed by atoms with Crippen LogP contribution in [0.2, 0.25) is 5.02 Å². The third-order valence-corrected chi connectivity index (χ3v) is 4.55. The highest BCUT2D eigenvalue weighted by Gasteiger charge is 2.22. The lowest BCUT2D eigenvalue weighted by Crippen LogP contribution is -2.48. The van der Waals surface area contributed by atoms with Gasteiger partial charge in [-0.25, -0.2) is 4.98 Å². The highest BCUT2D eigenvalue weighted by molar-refractivity contribution is 6.30. The van der Waals surface area contributed by atoms with E-state index in [-0.39, 0.29) is 5.91 Å². The van der Waals surface area contributed by atoms with E-state index in [0.29, 0.717) is 24.2 Å². The van der Waals surface area contributed by atoms with Gasteiger partial charge in [0.05, 0.1) is 0 Å². The summed E-state index contributed by atoms with van der Waals surface area (Å²) in [5, 5.41) is 0.728. The number of hydrogen-bond acceptors (Lipinski definition) is 4. The summed E-state index contributed by atoms with van der Waals surface area (Å²) in [7, 11) is 0. The van der Waals surface area contributed by atoms with Crippen LogP contribution in [0.3, 0.4) is 0 Å². The molecule has 1 aliphatic rings. The summed E-state index contributed by atoms with van der Waals surface area (Å²) in [6.45, 7) is 2.94. The van der Waals surface area contributed by atoms with E-state index in [1.165, 1.54) is 6.39 Å². The quantitative estimate of drug-likeness (QED) is 0.716. The van der Waals surface area contributed by atoms with E-state index >= 15 is 0 Å². The molecule has 0 atom stereocenters. The molecule has 0 N–H and O–H groups in total. The van der Waals surface area contributed by atoms with Crippen LogP contribution in [0.25, 0.3) is 11.1 Å². The van der Waals surface area contributed by atoms with Crippen LogP contribution in [-0.4, -0.2) is 42.0 Å². The summed E-state index contributed by atoms with van der Waals surface area (Å²) in [5.41, 5.74) is 3.13. The van der Waals surface area contributed by atoms with Crippen molar-refractivity contribution in [2.24, 2.45) is 0 Å². The Morgan fingerprint density at radius 3 is 2.71 bits per heavy atom. The van der Waals surface area contributed by atoms with Gasteiger partial charge in [-0.2, -0.15) is 0 Å². The molecule has 2 heterocycles. The first-order chi connectivity index (χ1) is 11.7. The Hall–Kier alpha value is -2.53. The van der Waals surface area contributed by atoms with Gasteiger partial charge in [-0.3, -0.25) is 4.79 Å². The molecule has 4 rings (SSSR count). The number of aromatic nitrogens is 1. The number of anilines is 1. The highest BCUT2D eigenvalue weighted by Crippen LogP contribution is 2.22. The van der Waals surface area contributed by atoms with Crippen molar-refractivity contribution in [2.45, 2.75) is 0 Å². The minimum absolute atomic E-state index is 0.0269. The fraction of sp³-hybridized carbons (Fsp3) is 0.222. The SMILES string of the molecule is O=C(c1ccc2ncoc2c1)N1CCN(c2cccc(Cl)c2)CC1. The summed E-state index contributed by atoms with van der Waals surface area (Å²) < 4.78 is 5.28. The summed E-state index contributed by atoms with van der Waals surface area (Å²) in [4.78, 5) is 20.9. The zero-order valence-corrected chi connectivity index (χ0v) is 13.7. The van der Waals surface area contributed by atoms with Crippen molar-refractivity contribution in [1.82, 2.24) is 9.88 Å². The zero-order valence-electron chi connectivity index (χ0n) is 13.0. The summed E-state index contributed by atoms with van der Waals surface area (Å²) in [6, 6.07) is 13.2. The van der Waals surface area contributed by atoms with Crippen molar-refractivity contribution in [3.05, 3.63) is 59.4 Å². The fourth-order valence-electron chi connectivity index (χ4n) is 3.01. The van der Waals surface area contributed by atoms with Gasteiger partial charge in [-0.05, 0) is 36.4 Å². The molecule has 1 fully saturated rings. The maximum Gasteiger partial charge on any atom is 0.254 e. The molecular formula is C18H16ClN3O2. The number of carbonyl (C=O) groups excluding carboxylic acids is 1. The van der Waals surface area contributed by atoms with Gasteiger partial charge in [-0.15, -0.1) is 0 Å². The molecule has 1 amide bonds. The minimum Gasteiger partial charge on any atom is -0.443 e. The van der Waals surface area contributed by atoms with E-state index in [9.17, 15) is 4.79 Å². The molecule has 0 aliphatic carbocycles. The Morgan fingerprint density at radius 2 is 1.92 bits per heavy atom. The predicted octanol–water partition coefficient (Wildman–Crippen LogP) is 3.44. The summed E-state index contributed by atoms with van der Waals surface area (Å²) >= 11 is 6.06. The first-order valence-electron chi connectivity index (χ1n) is 7.84. The summed E-state index contributed by atoms with van der Waals surface area (Å²) in [5.74, 6) is 0.0269. The summed E-state index contributed by atoms with van der Waals surface area (Å²) in [6.07, 6.45) is 1.39. The van der Waals surface area contributed by atoms with E-state index in [0.717, 1.165) is 29.3 Å². The van der Waals surface area contributed by atoms with Gasteiger partial charge in [0.2, 0.25) is 0 Å². The van der Waals surface area contributed by atoms with E-state index in [1.54, 1.807) is 12.1 Å². The van der Waals surface area contributed by atoms with Crippen LogP contribution in [-0.2, 0) is 0 Å². The lowest BCUT2D eigenvalue weighted by molar-refractivity contribution is 0.0747. The normalized spacial score (nSPS) is 15.0. The van der Waals surface area contributed by atoms with Crippen LogP contribution in [0, 0.1) is 0 Å². The number of benzene rings is 2. The molecule has 0 unspecified atom stereocenters. The number of fused-ring (bicyclic) bond motifs is 1. The second-order valence-electron chi connectivity index (χ2n) is 5.79. The average Bonchev–Trinajstić information content (AvgIpc) is 3.09. The molecule has 0 spiro atoms. The molecule has 24 heavy (non-hydrogen) atoms. The molecule has 2 aromatic carbocycles. The number of amides is 1. The first-order valence-corrected chi connectivity index (χ1v) is 8.21. The molecule has 5 nitrogen and oxygen atoms in total. The van der Waals surface area contributed by atoms with Crippen LogP contribution in [0.1, 0.15) is 10.4 Å². The molecule has 0 radical (unpaired) electrons. The van der Waals surface area contributed by atoms with E-state index in [4.69, 9.17) is 16.0 Å². The van der Waals surface area contributed by atoms with Gasteiger partial charge in [0.1, 0.15) is 5.52 Å². The second-order valence-corrected chi connectivity index (χ2v) is 6.23. The average molecular weight is 342 g/mol. The van der Waals surface area contributed by atoms with Gasteiger partial charge in [0, 0.05) is 42.5 Å². The van der Waals surface area contributed by atoms with Crippen LogP contribution in [0.15, 0.2) is 53.3 Å². The Labute approximate surface area is 144 Å². The van der Waals surface area contributed by atoms with Crippen LogP contribution in [0.4, 0.5) is 5.69 Å². The fourth-order valence-corrected chi connectivity index (χ4v) is 3.20. The van der Waals surface area contributed by atoms with Crippen molar-refractivity contribution in [2.75, 3.05) is 31.1 Å². The van der Waals surface area contributed by atoms with Gasteiger partial charge in [0.15, 0.2) is 12.0 Å². The molecule has 6 heteroatoms. The number of rotatable bonds is 2. The minimum atomic E-state index is 0.0269. The number of nitrogens with zero attached hydrogens (tertiary/aromatic N) is 3. The van der Waals surface area contributed by atoms with Crippen molar-refractivity contribution in [1.29, 1.82) is 0 Å². The topological polar surface area (TPSA) is 49.6 Å². The van der Waals surface area contributed by atoms with Gasteiger partial charge < -0.3 is 14.2 Å². The predicted molar refractivity (Wildman–Crippen MR) is 93.6 cm³/mol. The maximum atomic E-state index is 12.7. The number of carbonyl (C=O) groups is 1. The van der Waals surface area contributed by atoms with Crippen LogP contribution >= 0.6 is 11.6 Å². The van der Waals surface area contributed by atoms with E-state index in [2.05, 4.69) is 9.88 Å². The van der Waals surface area contributed by atoms with Gasteiger partial charge >= 0.3 is 0 Å². The molecule has 1 aromatic heterocycles. The van der Waals surface area contributed by atoms with Crippen LogP contribution < -0.4 is 4.90 Å². The van der Waals surface area contributed by atoms with Crippen molar-refractivity contribution in [3.8, 4) is 0 Å². The van der Waals surface area contributed by atoms with Crippen molar-refractivity contribution in [3.63, 3.8) is 0 Å². The molecule has 1 aliphatic heterocycles. The standard InChI is InChI=1S/C18H16ClN3O2/c19-14-2-1-3-15(11-14)21-6-8-22(9-7-21)18(23)13-4-5-16-17(10-13)24-12-20-16/h1-5,10-12H,6-9H2.